The molecule has 1 nitrogen and oxygen atoms in total. The van der Waals surface area contributed by atoms with Gasteiger partial charge in [-0.05, 0) is 39.7 Å². The molecule has 1 unspecified atom stereocenters. The average Bonchev–Trinajstić information content (AvgIpc) is 2.43. The molecule has 6 heteroatoms. The van der Waals surface area contributed by atoms with Gasteiger partial charge in [0.15, 0.2) is 11.6 Å². The van der Waals surface area contributed by atoms with Crippen LogP contribution in [0.25, 0.3) is 0 Å². The Morgan fingerprint density at radius 2 is 1.70 bits per heavy atom. The van der Waals surface area contributed by atoms with E-state index in [1.807, 2.05) is 0 Å². The van der Waals surface area contributed by atoms with Crippen molar-refractivity contribution in [3.63, 3.8) is 0 Å². The van der Waals surface area contributed by atoms with Crippen LogP contribution >= 0.6 is 31.9 Å². The molecular formula is C14H9Br2F3O. The first kappa shape index (κ1) is 15.4. The fraction of sp³-hybridized carbons (Fsp3) is 0.143. The Balaban J connectivity index is 2.49. The van der Waals surface area contributed by atoms with Crippen LogP contribution < -0.4 is 4.74 Å². The summed E-state index contributed by atoms with van der Waals surface area (Å²) in [5.41, 5.74) is 1.10. The summed E-state index contributed by atoms with van der Waals surface area (Å²) < 4.78 is 45.1. The summed E-state index contributed by atoms with van der Waals surface area (Å²) in [6, 6.07) is 6.35. The van der Waals surface area contributed by atoms with Gasteiger partial charge >= 0.3 is 0 Å². The summed E-state index contributed by atoms with van der Waals surface area (Å²) in [6.45, 7) is 0. The summed E-state index contributed by atoms with van der Waals surface area (Å²) in [5, 5.41) is 0. The number of hydrogen-bond donors (Lipinski definition) is 0. The Kier molecular flexibility index (Phi) is 4.75. The van der Waals surface area contributed by atoms with E-state index >= 15 is 0 Å². The predicted molar refractivity (Wildman–Crippen MR) is 77.8 cm³/mol. The number of rotatable bonds is 3. The second-order valence-corrected chi connectivity index (χ2v) is 5.81. The molecule has 0 heterocycles. The van der Waals surface area contributed by atoms with Crippen molar-refractivity contribution in [2.45, 2.75) is 4.83 Å². The van der Waals surface area contributed by atoms with Gasteiger partial charge in [0.25, 0.3) is 0 Å². The molecule has 20 heavy (non-hydrogen) atoms. The van der Waals surface area contributed by atoms with Gasteiger partial charge in [-0.15, -0.1) is 0 Å². The normalized spacial score (nSPS) is 12.3. The maximum atomic E-state index is 13.5. The first-order valence-corrected chi connectivity index (χ1v) is 7.27. The number of methoxy groups -OCH3 is 1. The quantitative estimate of drug-likeness (QED) is 0.620. The van der Waals surface area contributed by atoms with Gasteiger partial charge in [-0.3, -0.25) is 0 Å². The van der Waals surface area contributed by atoms with Crippen LogP contribution in [-0.2, 0) is 0 Å². The number of halogens is 5. The van der Waals surface area contributed by atoms with Gasteiger partial charge in [-0.2, -0.15) is 0 Å². The van der Waals surface area contributed by atoms with E-state index in [2.05, 4.69) is 31.9 Å². The Morgan fingerprint density at radius 1 is 1.00 bits per heavy atom. The minimum absolute atomic E-state index is 0.264. The molecule has 0 fully saturated rings. The first-order chi connectivity index (χ1) is 9.43. The second kappa shape index (κ2) is 6.18. The highest BCUT2D eigenvalue weighted by Crippen LogP contribution is 2.39. The molecule has 0 radical (unpaired) electrons. The van der Waals surface area contributed by atoms with Crippen molar-refractivity contribution in [1.82, 2.24) is 0 Å². The molecule has 0 bridgehead atoms. The predicted octanol–water partition coefficient (Wildman–Crippen LogP) is 5.36. The topological polar surface area (TPSA) is 9.23 Å². The minimum Gasteiger partial charge on any atom is -0.496 e. The lowest BCUT2D eigenvalue weighted by Crippen LogP contribution is -2.00. The molecule has 106 valence electrons. The smallest absolute Gasteiger partial charge is 0.159 e. The molecule has 0 spiro atoms. The number of ether oxygens (including phenoxy) is 1. The van der Waals surface area contributed by atoms with Crippen LogP contribution in [0.15, 0.2) is 34.8 Å². The minimum atomic E-state index is -0.938. The SMILES string of the molecule is COc1cc(F)c(Br)cc1C(Br)c1ccc(F)c(F)c1. The zero-order chi connectivity index (χ0) is 14.9. The van der Waals surface area contributed by atoms with E-state index in [1.165, 1.54) is 25.3 Å². The molecule has 0 aliphatic heterocycles. The molecule has 0 aromatic heterocycles. The molecule has 0 aliphatic carbocycles. The number of hydrogen-bond acceptors (Lipinski definition) is 1. The number of benzene rings is 2. The molecule has 2 aromatic carbocycles. The Bertz CT molecular complexity index is 647. The summed E-state index contributed by atoms with van der Waals surface area (Å²) in [4.78, 5) is -0.454. The van der Waals surface area contributed by atoms with Gasteiger partial charge in [0.1, 0.15) is 11.6 Å². The van der Waals surface area contributed by atoms with Crippen LogP contribution in [0.5, 0.6) is 5.75 Å². The van der Waals surface area contributed by atoms with E-state index in [0.717, 1.165) is 12.1 Å². The zero-order valence-corrected chi connectivity index (χ0v) is 13.4. The van der Waals surface area contributed by atoms with E-state index in [9.17, 15) is 13.2 Å². The van der Waals surface area contributed by atoms with Crippen molar-refractivity contribution in [3.05, 3.63) is 63.4 Å². The van der Waals surface area contributed by atoms with Crippen LogP contribution in [-0.4, -0.2) is 7.11 Å². The molecule has 2 rings (SSSR count). The van der Waals surface area contributed by atoms with Crippen molar-refractivity contribution in [1.29, 1.82) is 0 Å². The molecule has 0 saturated heterocycles. The van der Waals surface area contributed by atoms with Crippen LogP contribution in [0.4, 0.5) is 13.2 Å². The monoisotopic (exact) mass is 408 g/mol. The maximum absolute atomic E-state index is 13.5. The van der Waals surface area contributed by atoms with Gasteiger partial charge in [0.05, 0.1) is 16.4 Å². The van der Waals surface area contributed by atoms with E-state index in [0.29, 0.717) is 16.9 Å². The largest absolute Gasteiger partial charge is 0.496 e. The van der Waals surface area contributed by atoms with E-state index in [1.54, 1.807) is 0 Å². The van der Waals surface area contributed by atoms with E-state index in [-0.39, 0.29) is 4.47 Å². The lowest BCUT2D eigenvalue weighted by molar-refractivity contribution is 0.406. The van der Waals surface area contributed by atoms with Crippen molar-refractivity contribution in [3.8, 4) is 5.75 Å². The van der Waals surface area contributed by atoms with Crippen molar-refractivity contribution < 1.29 is 17.9 Å². The Morgan fingerprint density at radius 3 is 2.30 bits per heavy atom. The third-order valence-electron chi connectivity index (χ3n) is 2.78. The van der Waals surface area contributed by atoms with Crippen molar-refractivity contribution in [2.75, 3.05) is 7.11 Å². The first-order valence-electron chi connectivity index (χ1n) is 5.56. The highest BCUT2D eigenvalue weighted by Gasteiger charge is 2.19. The molecule has 0 N–H and O–H groups in total. The molecular weight excluding hydrogens is 401 g/mol. The van der Waals surface area contributed by atoms with Crippen LogP contribution in [0, 0.1) is 17.5 Å². The van der Waals surface area contributed by atoms with Crippen molar-refractivity contribution in [2.24, 2.45) is 0 Å². The third kappa shape index (κ3) is 3.01. The summed E-state index contributed by atoms with van der Waals surface area (Å²) in [6.07, 6.45) is 0. The van der Waals surface area contributed by atoms with Gasteiger partial charge in [-0.25, -0.2) is 13.2 Å². The van der Waals surface area contributed by atoms with Gasteiger partial charge < -0.3 is 4.74 Å². The zero-order valence-electron chi connectivity index (χ0n) is 10.3. The van der Waals surface area contributed by atoms with E-state index < -0.39 is 22.3 Å². The molecule has 0 amide bonds. The van der Waals surface area contributed by atoms with Gasteiger partial charge in [-0.1, -0.05) is 22.0 Å². The lowest BCUT2D eigenvalue weighted by Gasteiger charge is -2.16. The number of alkyl halides is 1. The summed E-state index contributed by atoms with van der Waals surface area (Å²) in [7, 11) is 1.41. The van der Waals surface area contributed by atoms with Crippen LogP contribution in [0.1, 0.15) is 16.0 Å². The molecule has 0 saturated carbocycles. The Labute approximate surface area is 131 Å². The van der Waals surface area contributed by atoms with Crippen LogP contribution in [0.2, 0.25) is 0 Å². The summed E-state index contributed by atoms with van der Waals surface area (Å²) in [5.74, 6) is -2.00. The third-order valence-corrected chi connectivity index (χ3v) is 4.41. The molecule has 0 aliphatic rings. The maximum Gasteiger partial charge on any atom is 0.159 e. The van der Waals surface area contributed by atoms with Crippen molar-refractivity contribution >= 4 is 31.9 Å². The second-order valence-electron chi connectivity index (χ2n) is 4.04. The highest BCUT2D eigenvalue weighted by molar-refractivity contribution is 9.10. The van der Waals surface area contributed by atoms with Gasteiger partial charge in [0.2, 0.25) is 0 Å². The van der Waals surface area contributed by atoms with E-state index in [4.69, 9.17) is 4.74 Å². The average molecular weight is 410 g/mol. The lowest BCUT2D eigenvalue weighted by atomic mass is 10.0. The standard InChI is InChI=1S/C14H9Br2F3O/c1-20-13-6-11(18)9(15)5-8(13)14(16)7-2-3-10(17)12(19)4-7/h2-6,14H,1H3. The highest BCUT2D eigenvalue weighted by atomic mass is 79.9. The van der Waals surface area contributed by atoms with Crippen LogP contribution in [0.3, 0.4) is 0 Å². The Hall–Kier alpha value is -1.01. The molecule has 1 atom stereocenters. The van der Waals surface area contributed by atoms with Gasteiger partial charge in [0, 0.05) is 11.6 Å². The molecule has 2 aromatic rings. The fourth-order valence-corrected chi connectivity index (χ4v) is 2.77. The fourth-order valence-electron chi connectivity index (χ4n) is 1.77. The summed E-state index contributed by atoms with van der Waals surface area (Å²) >= 11 is 6.48.